The molecule has 1 unspecified atom stereocenters. The molecule has 0 spiro atoms. The molecule has 0 aromatic carbocycles. The zero-order valence-corrected chi connectivity index (χ0v) is 9.74. The molecule has 0 bridgehead atoms. The fraction of sp³-hybridized carbons (Fsp3) is 0.364. The topological polar surface area (TPSA) is 81.7 Å². The summed E-state index contributed by atoms with van der Waals surface area (Å²) < 4.78 is 1.85. The summed E-state index contributed by atoms with van der Waals surface area (Å²) in [4.78, 5) is 8.51. The fourth-order valence-corrected chi connectivity index (χ4v) is 1.72. The van der Waals surface area contributed by atoms with Crippen molar-refractivity contribution in [2.24, 2.45) is 5.84 Å². The molecule has 0 radical (unpaired) electrons. The van der Waals surface area contributed by atoms with Crippen LogP contribution in [-0.2, 0) is 13.0 Å². The van der Waals surface area contributed by atoms with Crippen molar-refractivity contribution in [2.45, 2.75) is 25.9 Å². The van der Waals surface area contributed by atoms with Crippen LogP contribution in [0.15, 0.2) is 30.7 Å². The van der Waals surface area contributed by atoms with Gasteiger partial charge in [0.05, 0.1) is 11.7 Å². The van der Waals surface area contributed by atoms with E-state index >= 15 is 0 Å². The first-order valence-electron chi connectivity index (χ1n) is 5.59. The van der Waals surface area contributed by atoms with Crippen LogP contribution in [0, 0.1) is 0 Å². The summed E-state index contributed by atoms with van der Waals surface area (Å²) >= 11 is 0. The zero-order valence-electron chi connectivity index (χ0n) is 9.74. The Hall–Kier alpha value is -1.79. The second-order valence-electron chi connectivity index (χ2n) is 3.67. The molecular formula is C11H16N6. The summed E-state index contributed by atoms with van der Waals surface area (Å²) in [6.07, 6.45) is 3.98. The van der Waals surface area contributed by atoms with Crippen LogP contribution in [0.3, 0.4) is 0 Å². The Bertz CT molecular complexity index is 452. The molecule has 0 amide bonds. The number of hydrazine groups is 1. The number of pyridine rings is 1. The number of aryl methyl sites for hydroxylation is 1. The second kappa shape index (κ2) is 5.51. The maximum Gasteiger partial charge on any atom is 0.138 e. The van der Waals surface area contributed by atoms with Gasteiger partial charge in [0, 0.05) is 19.2 Å². The van der Waals surface area contributed by atoms with Gasteiger partial charge in [-0.2, -0.15) is 5.10 Å². The number of nitrogens with zero attached hydrogens (tertiary/aromatic N) is 4. The van der Waals surface area contributed by atoms with Crippen LogP contribution >= 0.6 is 0 Å². The summed E-state index contributed by atoms with van der Waals surface area (Å²) in [5, 5.41) is 4.13. The Kier molecular flexibility index (Phi) is 3.79. The van der Waals surface area contributed by atoms with E-state index in [2.05, 4.69) is 20.5 Å². The largest absolute Gasteiger partial charge is 0.271 e. The number of nitrogens with one attached hydrogen (secondary N) is 1. The number of rotatable bonds is 5. The number of hydrogen-bond donors (Lipinski definition) is 2. The van der Waals surface area contributed by atoms with Crippen LogP contribution in [0.2, 0.25) is 0 Å². The van der Waals surface area contributed by atoms with Gasteiger partial charge in [-0.05, 0) is 19.1 Å². The standard InChI is InChI=1S/C11H16N6/c1-2-17-11(14-8-15-17)7-10(16-12)9-5-3-4-6-13-9/h3-6,8,10,16H,2,7,12H2,1H3. The Morgan fingerprint density at radius 1 is 1.41 bits per heavy atom. The number of nitrogens with two attached hydrogens (primary N) is 1. The summed E-state index contributed by atoms with van der Waals surface area (Å²) in [5.41, 5.74) is 3.67. The van der Waals surface area contributed by atoms with Gasteiger partial charge in [0.15, 0.2) is 0 Å². The first-order valence-corrected chi connectivity index (χ1v) is 5.59. The van der Waals surface area contributed by atoms with E-state index in [0.717, 1.165) is 18.1 Å². The minimum absolute atomic E-state index is 0.0503. The van der Waals surface area contributed by atoms with Crippen molar-refractivity contribution < 1.29 is 0 Å². The molecule has 2 heterocycles. The van der Waals surface area contributed by atoms with Crippen molar-refractivity contribution in [3.05, 3.63) is 42.2 Å². The van der Waals surface area contributed by atoms with Crippen molar-refractivity contribution in [3.8, 4) is 0 Å². The Morgan fingerprint density at radius 2 is 2.29 bits per heavy atom. The fourth-order valence-electron chi connectivity index (χ4n) is 1.72. The molecule has 3 N–H and O–H groups in total. The van der Waals surface area contributed by atoms with E-state index in [-0.39, 0.29) is 6.04 Å². The Balaban J connectivity index is 2.16. The Morgan fingerprint density at radius 3 is 2.94 bits per heavy atom. The van der Waals surface area contributed by atoms with Crippen molar-refractivity contribution >= 4 is 0 Å². The molecule has 0 saturated heterocycles. The molecule has 0 fully saturated rings. The lowest BCUT2D eigenvalue weighted by Gasteiger charge is -2.14. The zero-order chi connectivity index (χ0) is 12.1. The van der Waals surface area contributed by atoms with Crippen LogP contribution in [-0.4, -0.2) is 19.7 Å². The van der Waals surface area contributed by atoms with Gasteiger partial charge < -0.3 is 0 Å². The van der Waals surface area contributed by atoms with Crippen molar-refractivity contribution in [1.29, 1.82) is 0 Å². The number of hydrogen-bond acceptors (Lipinski definition) is 5. The lowest BCUT2D eigenvalue weighted by Crippen LogP contribution is -2.31. The van der Waals surface area contributed by atoms with Crippen molar-refractivity contribution in [1.82, 2.24) is 25.2 Å². The van der Waals surface area contributed by atoms with Crippen LogP contribution in [0.1, 0.15) is 24.5 Å². The average molecular weight is 232 g/mol. The van der Waals surface area contributed by atoms with Gasteiger partial charge in [-0.1, -0.05) is 6.07 Å². The predicted octanol–water partition coefficient (Wildman–Crippen LogP) is 0.440. The highest BCUT2D eigenvalue weighted by Gasteiger charge is 2.14. The SMILES string of the molecule is CCn1ncnc1CC(NN)c1ccccn1. The summed E-state index contributed by atoms with van der Waals surface area (Å²) in [7, 11) is 0. The maximum atomic E-state index is 5.57. The molecule has 0 aliphatic heterocycles. The third-order valence-corrected chi connectivity index (χ3v) is 2.63. The molecule has 0 aliphatic rings. The van der Waals surface area contributed by atoms with Crippen LogP contribution in [0.5, 0.6) is 0 Å². The molecule has 0 saturated carbocycles. The molecular weight excluding hydrogens is 216 g/mol. The highest BCUT2D eigenvalue weighted by atomic mass is 15.3. The van der Waals surface area contributed by atoms with Gasteiger partial charge in [-0.3, -0.25) is 20.9 Å². The smallest absolute Gasteiger partial charge is 0.138 e. The van der Waals surface area contributed by atoms with Gasteiger partial charge in [0.1, 0.15) is 12.2 Å². The van der Waals surface area contributed by atoms with E-state index in [0.29, 0.717) is 6.42 Å². The molecule has 0 aliphatic carbocycles. The molecule has 1 atom stereocenters. The van der Waals surface area contributed by atoms with E-state index in [1.807, 2.05) is 29.8 Å². The molecule has 2 aromatic rings. The third kappa shape index (κ3) is 2.66. The molecule has 2 aromatic heterocycles. The quantitative estimate of drug-likeness (QED) is 0.577. The lowest BCUT2D eigenvalue weighted by molar-refractivity contribution is 0.501. The summed E-state index contributed by atoms with van der Waals surface area (Å²) in [6, 6.07) is 5.71. The van der Waals surface area contributed by atoms with Gasteiger partial charge in [0.2, 0.25) is 0 Å². The third-order valence-electron chi connectivity index (χ3n) is 2.63. The maximum absolute atomic E-state index is 5.57. The van der Waals surface area contributed by atoms with E-state index in [1.165, 1.54) is 0 Å². The van der Waals surface area contributed by atoms with E-state index in [1.54, 1.807) is 12.5 Å². The van der Waals surface area contributed by atoms with Gasteiger partial charge in [0.25, 0.3) is 0 Å². The summed E-state index contributed by atoms with van der Waals surface area (Å²) in [5.74, 6) is 6.47. The van der Waals surface area contributed by atoms with Gasteiger partial charge in [-0.25, -0.2) is 4.98 Å². The average Bonchev–Trinajstić information content (AvgIpc) is 2.84. The first kappa shape index (κ1) is 11.7. The van der Waals surface area contributed by atoms with E-state index in [4.69, 9.17) is 5.84 Å². The van der Waals surface area contributed by atoms with Gasteiger partial charge >= 0.3 is 0 Å². The van der Waals surface area contributed by atoms with Crippen molar-refractivity contribution in [3.63, 3.8) is 0 Å². The number of aromatic nitrogens is 4. The van der Waals surface area contributed by atoms with Gasteiger partial charge in [-0.15, -0.1) is 0 Å². The van der Waals surface area contributed by atoms with E-state index in [9.17, 15) is 0 Å². The first-order chi connectivity index (χ1) is 8.35. The van der Waals surface area contributed by atoms with Crippen molar-refractivity contribution in [2.75, 3.05) is 0 Å². The predicted molar refractivity (Wildman–Crippen MR) is 63.7 cm³/mol. The van der Waals surface area contributed by atoms with Crippen LogP contribution in [0.4, 0.5) is 0 Å². The second-order valence-corrected chi connectivity index (χ2v) is 3.67. The Labute approximate surface area is 99.9 Å². The minimum atomic E-state index is -0.0503. The van der Waals surface area contributed by atoms with Crippen LogP contribution < -0.4 is 11.3 Å². The molecule has 2 rings (SSSR count). The highest BCUT2D eigenvalue weighted by molar-refractivity contribution is 5.10. The minimum Gasteiger partial charge on any atom is -0.271 e. The normalized spacial score (nSPS) is 12.6. The molecule has 6 nitrogen and oxygen atoms in total. The molecule has 17 heavy (non-hydrogen) atoms. The molecule has 90 valence electrons. The summed E-state index contributed by atoms with van der Waals surface area (Å²) in [6.45, 7) is 2.83. The monoisotopic (exact) mass is 232 g/mol. The van der Waals surface area contributed by atoms with E-state index < -0.39 is 0 Å². The molecule has 6 heteroatoms. The highest BCUT2D eigenvalue weighted by Crippen LogP contribution is 2.13. The van der Waals surface area contributed by atoms with Crippen LogP contribution in [0.25, 0.3) is 0 Å². The lowest BCUT2D eigenvalue weighted by atomic mass is 10.1.